The van der Waals surface area contributed by atoms with E-state index in [0.29, 0.717) is 6.04 Å². The molecule has 1 heterocycles. The van der Waals surface area contributed by atoms with Crippen LogP contribution in [-0.2, 0) is 0 Å². The topological polar surface area (TPSA) is 37.0 Å². The number of aromatic nitrogens is 1. The second kappa shape index (κ2) is 6.47. The lowest BCUT2D eigenvalue weighted by Crippen LogP contribution is -2.34. The van der Waals surface area contributed by atoms with Gasteiger partial charge < -0.3 is 10.6 Å². The minimum atomic E-state index is 0.374. The molecule has 1 aliphatic rings. The van der Waals surface area contributed by atoms with Crippen molar-refractivity contribution in [2.45, 2.75) is 51.6 Å². The van der Waals surface area contributed by atoms with Crippen LogP contribution >= 0.6 is 11.3 Å². The van der Waals surface area contributed by atoms with E-state index < -0.39 is 0 Å². The Labute approximate surface area is 108 Å². The second-order valence-corrected chi connectivity index (χ2v) is 5.83. The molecule has 2 rings (SSSR count). The van der Waals surface area contributed by atoms with Crippen LogP contribution in [0.4, 0.5) is 0 Å². The quantitative estimate of drug-likeness (QED) is 0.765. The molecule has 96 valence electrons. The molecule has 1 fully saturated rings. The molecule has 1 unspecified atom stereocenters. The van der Waals surface area contributed by atoms with Gasteiger partial charge in [-0.05, 0) is 26.7 Å². The Morgan fingerprint density at radius 3 is 2.82 bits per heavy atom. The number of hydrogen-bond donors (Lipinski definition) is 2. The monoisotopic (exact) mass is 253 g/mol. The van der Waals surface area contributed by atoms with Gasteiger partial charge in [-0.1, -0.05) is 12.8 Å². The van der Waals surface area contributed by atoms with Crippen molar-refractivity contribution in [2.24, 2.45) is 0 Å². The van der Waals surface area contributed by atoms with Crippen molar-refractivity contribution in [1.82, 2.24) is 15.6 Å². The van der Waals surface area contributed by atoms with E-state index in [1.54, 1.807) is 11.3 Å². The van der Waals surface area contributed by atoms with Crippen LogP contribution in [0.1, 0.15) is 49.4 Å². The fourth-order valence-corrected chi connectivity index (χ4v) is 3.18. The van der Waals surface area contributed by atoms with Gasteiger partial charge in [-0.3, -0.25) is 0 Å². The highest BCUT2D eigenvalue weighted by molar-refractivity contribution is 7.09. The normalized spacial score (nSPS) is 18.7. The third-order valence-corrected chi connectivity index (χ3v) is 4.52. The second-order valence-electron chi connectivity index (χ2n) is 4.94. The van der Waals surface area contributed by atoms with Crippen LogP contribution in [0.5, 0.6) is 0 Å². The highest BCUT2D eigenvalue weighted by atomic mass is 32.1. The van der Waals surface area contributed by atoms with Crippen LogP contribution in [0, 0.1) is 6.92 Å². The van der Waals surface area contributed by atoms with E-state index in [9.17, 15) is 0 Å². The maximum atomic E-state index is 4.50. The Morgan fingerprint density at radius 1 is 1.41 bits per heavy atom. The van der Waals surface area contributed by atoms with Gasteiger partial charge in [0.2, 0.25) is 0 Å². The molecule has 1 aliphatic carbocycles. The van der Waals surface area contributed by atoms with Crippen LogP contribution in [0.25, 0.3) is 0 Å². The van der Waals surface area contributed by atoms with Gasteiger partial charge in [-0.15, -0.1) is 11.3 Å². The SMILES string of the molecule is Cc1csc(C(C)NCCNC2CCCC2)n1. The number of nitrogens with one attached hydrogen (secondary N) is 2. The summed E-state index contributed by atoms with van der Waals surface area (Å²) in [6.45, 7) is 6.33. The Morgan fingerprint density at radius 2 is 2.18 bits per heavy atom. The summed E-state index contributed by atoms with van der Waals surface area (Å²) in [7, 11) is 0. The fraction of sp³-hybridized carbons (Fsp3) is 0.769. The molecule has 17 heavy (non-hydrogen) atoms. The summed E-state index contributed by atoms with van der Waals surface area (Å²) in [6.07, 6.45) is 5.53. The van der Waals surface area contributed by atoms with Crippen LogP contribution in [-0.4, -0.2) is 24.1 Å². The van der Waals surface area contributed by atoms with Crippen molar-refractivity contribution in [2.75, 3.05) is 13.1 Å². The van der Waals surface area contributed by atoms with E-state index in [-0.39, 0.29) is 0 Å². The summed E-state index contributed by atoms with van der Waals surface area (Å²) in [4.78, 5) is 4.50. The zero-order valence-corrected chi connectivity index (χ0v) is 11.6. The minimum Gasteiger partial charge on any atom is -0.313 e. The maximum Gasteiger partial charge on any atom is 0.110 e. The molecule has 0 bridgehead atoms. The lowest BCUT2D eigenvalue weighted by atomic mass is 10.2. The highest BCUT2D eigenvalue weighted by Gasteiger charge is 2.13. The molecule has 1 aromatic rings. The molecular formula is C13H23N3S. The molecule has 0 radical (unpaired) electrons. The van der Waals surface area contributed by atoms with E-state index in [2.05, 4.69) is 27.9 Å². The number of aryl methyl sites for hydroxylation is 1. The van der Waals surface area contributed by atoms with Crippen LogP contribution < -0.4 is 10.6 Å². The van der Waals surface area contributed by atoms with Gasteiger partial charge in [0, 0.05) is 30.2 Å². The lowest BCUT2D eigenvalue weighted by molar-refractivity contribution is 0.487. The van der Waals surface area contributed by atoms with Crippen molar-refractivity contribution < 1.29 is 0 Å². The number of nitrogens with zero attached hydrogens (tertiary/aromatic N) is 1. The van der Waals surface area contributed by atoms with E-state index >= 15 is 0 Å². The van der Waals surface area contributed by atoms with E-state index in [0.717, 1.165) is 24.8 Å². The Hall–Kier alpha value is -0.450. The zero-order valence-electron chi connectivity index (χ0n) is 10.8. The Bertz CT molecular complexity index is 331. The van der Waals surface area contributed by atoms with Gasteiger partial charge in [0.25, 0.3) is 0 Å². The van der Waals surface area contributed by atoms with Gasteiger partial charge in [0.15, 0.2) is 0 Å². The first kappa shape index (κ1) is 13.0. The first-order valence-electron chi connectivity index (χ1n) is 6.64. The molecule has 0 aromatic carbocycles. The molecule has 4 heteroatoms. The largest absolute Gasteiger partial charge is 0.313 e. The van der Waals surface area contributed by atoms with Crippen LogP contribution in [0.3, 0.4) is 0 Å². The van der Waals surface area contributed by atoms with Gasteiger partial charge in [0.1, 0.15) is 5.01 Å². The summed E-state index contributed by atoms with van der Waals surface area (Å²) < 4.78 is 0. The predicted molar refractivity (Wildman–Crippen MR) is 73.5 cm³/mol. The highest BCUT2D eigenvalue weighted by Crippen LogP contribution is 2.18. The standard InChI is InChI=1S/C13H23N3S/c1-10-9-17-13(16-10)11(2)14-7-8-15-12-5-3-4-6-12/h9,11-12,14-15H,3-8H2,1-2H3. The molecule has 1 atom stereocenters. The van der Waals surface area contributed by atoms with Crippen molar-refractivity contribution >= 4 is 11.3 Å². The Kier molecular flexibility index (Phi) is 4.95. The average molecular weight is 253 g/mol. The zero-order chi connectivity index (χ0) is 12.1. The molecule has 2 N–H and O–H groups in total. The third-order valence-electron chi connectivity index (χ3n) is 3.37. The first-order chi connectivity index (χ1) is 8.25. The first-order valence-corrected chi connectivity index (χ1v) is 7.52. The summed E-state index contributed by atoms with van der Waals surface area (Å²) in [5.74, 6) is 0. The van der Waals surface area contributed by atoms with Crippen molar-refractivity contribution in [1.29, 1.82) is 0 Å². The molecule has 3 nitrogen and oxygen atoms in total. The van der Waals surface area contributed by atoms with E-state index in [4.69, 9.17) is 0 Å². The van der Waals surface area contributed by atoms with E-state index in [1.807, 2.05) is 6.92 Å². The van der Waals surface area contributed by atoms with Crippen LogP contribution in [0.15, 0.2) is 5.38 Å². The number of hydrogen-bond acceptors (Lipinski definition) is 4. The third kappa shape index (κ3) is 4.05. The lowest BCUT2D eigenvalue weighted by Gasteiger charge is -2.14. The van der Waals surface area contributed by atoms with Crippen molar-refractivity contribution in [3.05, 3.63) is 16.1 Å². The summed E-state index contributed by atoms with van der Waals surface area (Å²) in [5.41, 5.74) is 1.13. The molecule has 0 aliphatic heterocycles. The Balaban J connectivity index is 1.61. The van der Waals surface area contributed by atoms with Gasteiger partial charge >= 0.3 is 0 Å². The van der Waals surface area contributed by atoms with Gasteiger partial charge in [-0.25, -0.2) is 4.98 Å². The smallest absolute Gasteiger partial charge is 0.110 e. The summed E-state index contributed by atoms with van der Waals surface area (Å²) in [6, 6.07) is 1.15. The number of thiazole rings is 1. The minimum absolute atomic E-state index is 0.374. The van der Waals surface area contributed by atoms with Gasteiger partial charge in [0.05, 0.1) is 6.04 Å². The predicted octanol–water partition coefficient (Wildman–Crippen LogP) is 2.63. The molecule has 0 amide bonds. The molecule has 0 saturated heterocycles. The molecule has 0 spiro atoms. The molecule has 1 saturated carbocycles. The van der Waals surface area contributed by atoms with E-state index in [1.165, 1.54) is 30.7 Å². The summed E-state index contributed by atoms with van der Waals surface area (Å²) in [5, 5.41) is 10.4. The number of rotatable bonds is 6. The van der Waals surface area contributed by atoms with Gasteiger partial charge in [-0.2, -0.15) is 0 Å². The van der Waals surface area contributed by atoms with Crippen molar-refractivity contribution in [3.63, 3.8) is 0 Å². The van der Waals surface area contributed by atoms with Crippen LogP contribution in [0.2, 0.25) is 0 Å². The maximum absolute atomic E-state index is 4.50. The van der Waals surface area contributed by atoms with Crippen molar-refractivity contribution in [3.8, 4) is 0 Å². The fourth-order valence-electron chi connectivity index (χ4n) is 2.35. The summed E-state index contributed by atoms with van der Waals surface area (Å²) >= 11 is 1.75. The molecular weight excluding hydrogens is 230 g/mol. The molecule has 1 aromatic heterocycles. The average Bonchev–Trinajstić information content (AvgIpc) is 2.95.